The van der Waals surface area contributed by atoms with Gasteiger partial charge < -0.3 is 15.2 Å². The fraction of sp³-hybridized carbons (Fsp3) is 0.353. The number of aromatic carboxylic acids is 1. The summed E-state index contributed by atoms with van der Waals surface area (Å²) in [6, 6.07) is 8.61. The maximum atomic E-state index is 11.5. The highest BCUT2D eigenvalue weighted by atomic mass is 16.5. The summed E-state index contributed by atoms with van der Waals surface area (Å²) >= 11 is 0. The third-order valence-electron chi connectivity index (χ3n) is 3.34. The van der Waals surface area contributed by atoms with E-state index in [9.17, 15) is 14.7 Å². The Morgan fingerprint density at radius 3 is 2.83 bits per heavy atom. The van der Waals surface area contributed by atoms with Gasteiger partial charge in [-0.2, -0.15) is 0 Å². The van der Waals surface area contributed by atoms with E-state index in [1.807, 2.05) is 13.0 Å². The zero-order valence-corrected chi connectivity index (χ0v) is 13.0. The molecule has 6 heteroatoms. The summed E-state index contributed by atoms with van der Waals surface area (Å²) in [5.74, 6) is -1.32. The number of carboxylic acid groups (broad SMARTS) is 1. The van der Waals surface area contributed by atoms with Crippen LogP contribution in [0.5, 0.6) is 0 Å². The first kappa shape index (κ1) is 16.9. The van der Waals surface area contributed by atoms with E-state index in [0.29, 0.717) is 29.7 Å². The lowest BCUT2D eigenvalue weighted by Crippen LogP contribution is -2.25. The van der Waals surface area contributed by atoms with Gasteiger partial charge in [-0.1, -0.05) is 31.5 Å². The van der Waals surface area contributed by atoms with Gasteiger partial charge in [0.05, 0.1) is 29.9 Å². The molecular formula is C17H20N2O4. The Balaban J connectivity index is 2.00. The smallest absolute Gasteiger partial charge is 0.336 e. The number of aromatic nitrogens is 1. The first-order valence-electron chi connectivity index (χ1n) is 7.60. The Hall–Kier alpha value is -2.47. The van der Waals surface area contributed by atoms with E-state index < -0.39 is 5.97 Å². The number of unbranched alkanes of at least 4 members (excludes halogenated alkanes) is 1. The Bertz CT molecular complexity index is 700. The number of ether oxygens (including phenoxy) is 1. The molecule has 0 spiro atoms. The van der Waals surface area contributed by atoms with Crippen molar-refractivity contribution >= 4 is 22.8 Å². The Kier molecular flexibility index (Phi) is 6.05. The van der Waals surface area contributed by atoms with Crippen LogP contribution in [-0.2, 0) is 16.1 Å². The minimum absolute atomic E-state index is 0.0701. The number of hydrogen-bond donors (Lipinski definition) is 2. The second kappa shape index (κ2) is 8.24. The Labute approximate surface area is 134 Å². The first-order chi connectivity index (χ1) is 11.1. The highest BCUT2D eigenvalue weighted by Gasteiger charge is 2.11. The normalized spacial score (nSPS) is 10.7. The van der Waals surface area contributed by atoms with Gasteiger partial charge in [0.15, 0.2) is 0 Å². The minimum atomic E-state index is -0.996. The van der Waals surface area contributed by atoms with Gasteiger partial charge in [0.1, 0.15) is 0 Å². The van der Waals surface area contributed by atoms with Crippen LogP contribution in [0, 0.1) is 0 Å². The lowest BCUT2D eigenvalue weighted by molar-refractivity contribution is -0.142. The van der Waals surface area contributed by atoms with E-state index in [-0.39, 0.29) is 18.1 Å². The molecular weight excluding hydrogens is 296 g/mol. The van der Waals surface area contributed by atoms with E-state index in [4.69, 9.17) is 4.74 Å². The van der Waals surface area contributed by atoms with Crippen LogP contribution in [0.25, 0.3) is 10.9 Å². The second-order valence-electron chi connectivity index (χ2n) is 5.16. The summed E-state index contributed by atoms with van der Waals surface area (Å²) in [5, 5.41) is 12.8. The van der Waals surface area contributed by atoms with Crippen molar-refractivity contribution < 1.29 is 19.4 Å². The molecule has 122 valence electrons. The molecule has 2 N–H and O–H groups in total. The van der Waals surface area contributed by atoms with Crippen molar-refractivity contribution in [2.45, 2.75) is 26.3 Å². The number of para-hydroxylation sites is 1. The van der Waals surface area contributed by atoms with E-state index in [0.717, 1.165) is 12.8 Å². The largest absolute Gasteiger partial charge is 0.478 e. The van der Waals surface area contributed by atoms with Gasteiger partial charge in [-0.3, -0.25) is 9.78 Å². The monoisotopic (exact) mass is 316 g/mol. The number of nitrogens with zero attached hydrogens (tertiary/aromatic N) is 1. The molecule has 0 atom stereocenters. The summed E-state index contributed by atoms with van der Waals surface area (Å²) in [4.78, 5) is 27.3. The van der Waals surface area contributed by atoms with Crippen LogP contribution in [-0.4, -0.2) is 35.2 Å². The molecule has 0 fully saturated rings. The predicted molar refractivity (Wildman–Crippen MR) is 86.3 cm³/mol. The standard InChI is InChI=1S/C17H20N2O4/c1-2-3-8-23-16(20)11-18-10-12-9-14(17(21)22)13-6-4-5-7-15(13)19-12/h4-7,9,18H,2-3,8,10-11H2,1H3,(H,21,22). The molecule has 0 saturated carbocycles. The molecule has 6 nitrogen and oxygen atoms in total. The zero-order valence-electron chi connectivity index (χ0n) is 13.0. The minimum Gasteiger partial charge on any atom is -0.478 e. The molecule has 0 saturated heterocycles. The molecule has 0 radical (unpaired) electrons. The quantitative estimate of drug-likeness (QED) is 0.574. The topological polar surface area (TPSA) is 88.5 Å². The van der Waals surface area contributed by atoms with Crippen molar-refractivity contribution in [3.63, 3.8) is 0 Å². The number of nitrogens with one attached hydrogen (secondary N) is 1. The van der Waals surface area contributed by atoms with Gasteiger partial charge in [0, 0.05) is 11.9 Å². The first-order valence-corrected chi connectivity index (χ1v) is 7.60. The third-order valence-corrected chi connectivity index (χ3v) is 3.34. The van der Waals surface area contributed by atoms with E-state index >= 15 is 0 Å². The zero-order chi connectivity index (χ0) is 16.7. The molecule has 1 aromatic carbocycles. The van der Waals surface area contributed by atoms with Gasteiger partial charge in [0.25, 0.3) is 0 Å². The molecule has 1 aromatic heterocycles. The van der Waals surface area contributed by atoms with Crippen molar-refractivity contribution in [3.8, 4) is 0 Å². The molecule has 1 heterocycles. The van der Waals surface area contributed by atoms with Crippen LogP contribution < -0.4 is 5.32 Å². The summed E-state index contributed by atoms with van der Waals surface area (Å²) < 4.78 is 5.04. The summed E-state index contributed by atoms with van der Waals surface area (Å²) in [6.07, 6.45) is 1.82. The number of benzene rings is 1. The molecule has 0 amide bonds. The van der Waals surface area contributed by atoms with Crippen LogP contribution in [0.1, 0.15) is 35.8 Å². The fourth-order valence-electron chi connectivity index (χ4n) is 2.17. The average Bonchev–Trinajstić information content (AvgIpc) is 2.54. The number of carboxylic acids is 1. The average molecular weight is 316 g/mol. The lowest BCUT2D eigenvalue weighted by Gasteiger charge is -2.08. The van der Waals surface area contributed by atoms with Crippen molar-refractivity contribution in [3.05, 3.63) is 41.6 Å². The predicted octanol–water partition coefficient (Wildman–Crippen LogP) is 2.37. The molecule has 0 aliphatic carbocycles. The number of carbonyl (C=O) groups is 2. The molecule has 0 bridgehead atoms. The van der Waals surface area contributed by atoms with Crippen molar-refractivity contribution in [2.24, 2.45) is 0 Å². The number of esters is 1. The van der Waals surface area contributed by atoms with Crippen molar-refractivity contribution in [1.82, 2.24) is 10.3 Å². The van der Waals surface area contributed by atoms with Crippen LogP contribution in [0.3, 0.4) is 0 Å². The third kappa shape index (κ3) is 4.75. The Morgan fingerprint density at radius 2 is 2.09 bits per heavy atom. The van der Waals surface area contributed by atoms with Gasteiger partial charge in [-0.15, -0.1) is 0 Å². The van der Waals surface area contributed by atoms with E-state index in [1.165, 1.54) is 6.07 Å². The number of hydrogen-bond acceptors (Lipinski definition) is 5. The van der Waals surface area contributed by atoms with Crippen molar-refractivity contribution in [1.29, 1.82) is 0 Å². The second-order valence-corrected chi connectivity index (χ2v) is 5.16. The molecule has 2 rings (SSSR count). The fourth-order valence-corrected chi connectivity index (χ4v) is 2.17. The summed E-state index contributed by atoms with van der Waals surface area (Å²) in [6.45, 7) is 2.82. The van der Waals surface area contributed by atoms with E-state index in [1.54, 1.807) is 18.2 Å². The van der Waals surface area contributed by atoms with Gasteiger partial charge in [-0.05, 0) is 18.6 Å². The van der Waals surface area contributed by atoms with E-state index in [2.05, 4.69) is 10.3 Å². The van der Waals surface area contributed by atoms with Crippen LogP contribution in [0.15, 0.2) is 30.3 Å². The summed E-state index contributed by atoms with van der Waals surface area (Å²) in [7, 11) is 0. The lowest BCUT2D eigenvalue weighted by atomic mass is 10.1. The Morgan fingerprint density at radius 1 is 1.30 bits per heavy atom. The van der Waals surface area contributed by atoms with Crippen LogP contribution in [0.2, 0.25) is 0 Å². The molecule has 23 heavy (non-hydrogen) atoms. The maximum absolute atomic E-state index is 11.5. The van der Waals surface area contributed by atoms with Gasteiger partial charge >= 0.3 is 11.9 Å². The van der Waals surface area contributed by atoms with Gasteiger partial charge in [0.2, 0.25) is 0 Å². The highest BCUT2D eigenvalue weighted by Crippen LogP contribution is 2.18. The van der Waals surface area contributed by atoms with Crippen LogP contribution >= 0.6 is 0 Å². The number of rotatable bonds is 8. The van der Waals surface area contributed by atoms with Crippen LogP contribution in [0.4, 0.5) is 0 Å². The molecule has 0 aliphatic rings. The summed E-state index contributed by atoms with van der Waals surface area (Å²) in [5.41, 5.74) is 1.40. The van der Waals surface area contributed by atoms with Gasteiger partial charge in [-0.25, -0.2) is 4.79 Å². The molecule has 0 aliphatic heterocycles. The SMILES string of the molecule is CCCCOC(=O)CNCc1cc(C(=O)O)c2ccccc2n1. The number of carbonyl (C=O) groups excluding carboxylic acids is 1. The number of fused-ring (bicyclic) bond motifs is 1. The maximum Gasteiger partial charge on any atom is 0.336 e. The molecule has 0 unspecified atom stereocenters. The number of pyridine rings is 1. The highest BCUT2D eigenvalue weighted by molar-refractivity contribution is 6.02. The molecule has 2 aromatic rings. The van der Waals surface area contributed by atoms with Crippen molar-refractivity contribution in [2.75, 3.05) is 13.2 Å².